The van der Waals surface area contributed by atoms with E-state index >= 15 is 0 Å². The Bertz CT molecular complexity index is 726. The predicted molar refractivity (Wildman–Crippen MR) is 243 cm³/mol. The van der Waals surface area contributed by atoms with Gasteiger partial charge in [0, 0.05) is 26.4 Å². The van der Waals surface area contributed by atoms with Gasteiger partial charge in [0.1, 0.15) is 0 Å². The molecule has 57 heavy (non-hydrogen) atoms. The molecule has 0 saturated carbocycles. The molecule has 0 amide bonds. The molecule has 0 rings (SSSR count). The van der Waals surface area contributed by atoms with E-state index in [4.69, 9.17) is 33.2 Å². The molecule has 0 aromatic rings. The van der Waals surface area contributed by atoms with Crippen molar-refractivity contribution < 1.29 is 33.2 Å². The lowest BCUT2D eigenvalue weighted by Crippen LogP contribution is -2.25. The maximum atomic E-state index is 6.39. The van der Waals surface area contributed by atoms with Gasteiger partial charge in [0.05, 0.1) is 13.2 Å². The molecule has 0 aromatic heterocycles. The molecule has 0 saturated heterocycles. The van der Waals surface area contributed by atoms with Gasteiger partial charge in [-0.1, -0.05) is 156 Å². The van der Waals surface area contributed by atoms with E-state index in [-0.39, 0.29) is 25.2 Å². The second kappa shape index (κ2) is 47.9. The van der Waals surface area contributed by atoms with Crippen molar-refractivity contribution in [2.75, 3.05) is 39.6 Å². The molecule has 0 aliphatic heterocycles. The lowest BCUT2D eigenvalue weighted by Gasteiger charge is -2.21. The molecular weight excluding hydrogens is 713 g/mol. The Balaban J connectivity index is 4.31. The molecule has 0 bridgehead atoms. The summed E-state index contributed by atoms with van der Waals surface area (Å²) in [5.74, 6) is 0. The third kappa shape index (κ3) is 41.7. The second-order valence-corrected chi connectivity index (χ2v) is 16.0. The van der Waals surface area contributed by atoms with Gasteiger partial charge >= 0.3 is 0 Å². The first-order chi connectivity index (χ1) is 28.1. The zero-order valence-corrected chi connectivity index (χ0v) is 38.9. The van der Waals surface area contributed by atoms with Crippen LogP contribution in [0, 0.1) is 0 Å². The Morgan fingerprint density at radius 3 is 0.895 bits per heavy atom. The van der Waals surface area contributed by atoms with E-state index in [1.807, 2.05) is 0 Å². The average Bonchev–Trinajstić information content (AvgIpc) is 3.22. The molecule has 7 nitrogen and oxygen atoms in total. The van der Waals surface area contributed by atoms with Gasteiger partial charge in [-0.3, -0.25) is 0 Å². The first-order valence-electron chi connectivity index (χ1n) is 24.8. The minimum Gasteiger partial charge on any atom is -0.353 e. The summed E-state index contributed by atoms with van der Waals surface area (Å²) in [5.41, 5.74) is 0. The molecule has 0 fully saturated rings. The van der Waals surface area contributed by atoms with Crippen LogP contribution >= 0.6 is 0 Å². The van der Waals surface area contributed by atoms with Crippen LogP contribution in [0.5, 0.6) is 0 Å². The second-order valence-electron chi connectivity index (χ2n) is 16.0. The van der Waals surface area contributed by atoms with Crippen molar-refractivity contribution in [1.29, 1.82) is 0 Å². The molecule has 0 aliphatic rings. The fourth-order valence-corrected chi connectivity index (χ4v) is 6.56. The summed E-state index contributed by atoms with van der Waals surface area (Å²) in [6.45, 7) is 17.6. The van der Waals surface area contributed by atoms with Gasteiger partial charge < -0.3 is 33.2 Å². The minimum atomic E-state index is -0.371. The van der Waals surface area contributed by atoms with Gasteiger partial charge in [-0.25, -0.2) is 0 Å². The highest BCUT2D eigenvalue weighted by Crippen LogP contribution is 2.17. The lowest BCUT2D eigenvalue weighted by molar-refractivity contribution is -0.208. The van der Waals surface area contributed by atoms with Crippen LogP contribution in [-0.2, 0) is 33.2 Å². The first kappa shape index (κ1) is 56.2. The number of hydrogen-bond acceptors (Lipinski definition) is 7. The van der Waals surface area contributed by atoms with Crippen LogP contribution in [0.15, 0.2) is 24.3 Å². The van der Waals surface area contributed by atoms with Gasteiger partial charge in [0.2, 0.25) is 0 Å². The Hall–Kier alpha value is -0.800. The molecule has 0 radical (unpaired) electrons. The van der Waals surface area contributed by atoms with Crippen molar-refractivity contribution in [1.82, 2.24) is 0 Å². The molecule has 2 unspecified atom stereocenters. The van der Waals surface area contributed by atoms with E-state index in [0.717, 1.165) is 103 Å². The van der Waals surface area contributed by atoms with Crippen LogP contribution in [0.2, 0.25) is 0 Å². The summed E-state index contributed by atoms with van der Waals surface area (Å²) in [5, 5.41) is 0. The van der Waals surface area contributed by atoms with Crippen molar-refractivity contribution >= 4 is 0 Å². The van der Waals surface area contributed by atoms with Crippen LogP contribution in [0.25, 0.3) is 0 Å². The van der Waals surface area contributed by atoms with E-state index < -0.39 is 0 Å². The molecule has 0 aliphatic carbocycles. The summed E-state index contributed by atoms with van der Waals surface area (Å²) in [4.78, 5) is 0. The Labute approximate surface area is 355 Å². The highest BCUT2D eigenvalue weighted by Gasteiger charge is 2.14. The van der Waals surface area contributed by atoms with E-state index in [0.29, 0.717) is 13.2 Å². The van der Waals surface area contributed by atoms with Crippen molar-refractivity contribution in [3.8, 4) is 0 Å². The Morgan fingerprint density at radius 2 is 0.596 bits per heavy atom. The van der Waals surface area contributed by atoms with E-state index in [1.54, 1.807) is 0 Å². The fourth-order valence-electron chi connectivity index (χ4n) is 6.56. The van der Waals surface area contributed by atoms with E-state index in [1.165, 1.54) is 116 Å². The average molecular weight is 811 g/mol. The summed E-state index contributed by atoms with van der Waals surface area (Å²) < 4.78 is 42.2. The maximum absolute atomic E-state index is 6.39. The molecule has 340 valence electrons. The number of ether oxygens (including phenoxy) is 7. The third-order valence-electron chi connectivity index (χ3n) is 10.1. The molecule has 0 spiro atoms. The number of allylic oxidation sites excluding steroid dienone is 2. The SMILES string of the molecule is CCCCOC(C=CCCCCCCCCCCCC(OCCC)OCCC)OC(C=CCCCCCCCCCCCC(OCCC)OCCC)OCCCC. The summed E-state index contributed by atoms with van der Waals surface area (Å²) in [6.07, 6.45) is 44.0. The maximum Gasteiger partial charge on any atom is 0.180 e. The van der Waals surface area contributed by atoms with Gasteiger partial charge in [0.25, 0.3) is 0 Å². The largest absolute Gasteiger partial charge is 0.353 e. The minimum absolute atomic E-state index is 0.00508. The summed E-state index contributed by atoms with van der Waals surface area (Å²) in [6, 6.07) is 0. The molecule has 0 heterocycles. The Kier molecular flexibility index (Phi) is 47.2. The van der Waals surface area contributed by atoms with Crippen LogP contribution in [0.3, 0.4) is 0 Å². The van der Waals surface area contributed by atoms with Crippen molar-refractivity contribution in [2.24, 2.45) is 0 Å². The van der Waals surface area contributed by atoms with Gasteiger partial charge in [-0.15, -0.1) is 0 Å². The standard InChI is InChI=1S/C50H98O7/c1-7-13-45-55-49(39-35-31-27-23-19-15-17-21-25-29-33-37-47(51-41-9-3)52-42-10-4)57-50(56-46-14-8-2)40-36-32-28-24-20-16-18-22-26-30-34-38-48(53-43-11-5)54-44-12-6/h35-36,39-40,47-50H,7-34,37-38,41-46H2,1-6H3. The summed E-state index contributed by atoms with van der Waals surface area (Å²) in [7, 11) is 0. The topological polar surface area (TPSA) is 64.6 Å². The summed E-state index contributed by atoms with van der Waals surface area (Å²) >= 11 is 0. The number of unbranched alkanes of at least 4 members (excludes halogenated alkanes) is 20. The van der Waals surface area contributed by atoms with Crippen LogP contribution in [0.1, 0.15) is 234 Å². The quantitative estimate of drug-likeness (QED) is 0.0344. The van der Waals surface area contributed by atoms with Crippen LogP contribution < -0.4 is 0 Å². The first-order valence-corrected chi connectivity index (χ1v) is 24.8. The third-order valence-corrected chi connectivity index (χ3v) is 10.1. The van der Waals surface area contributed by atoms with Crippen molar-refractivity contribution in [2.45, 2.75) is 259 Å². The van der Waals surface area contributed by atoms with Crippen LogP contribution in [-0.4, -0.2) is 64.8 Å². The molecule has 2 atom stereocenters. The van der Waals surface area contributed by atoms with Gasteiger partial charge in [-0.05, 0) is 102 Å². The molecule has 0 aromatic carbocycles. The highest BCUT2D eigenvalue weighted by molar-refractivity contribution is 4.89. The molecule has 7 heteroatoms. The monoisotopic (exact) mass is 811 g/mol. The lowest BCUT2D eigenvalue weighted by atomic mass is 10.1. The molecule has 0 N–H and O–H groups in total. The highest BCUT2D eigenvalue weighted by atomic mass is 16.8. The number of rotatable bonds is 48. The van der Waals surface area contributed by atoms with Crippen LogP contribution in [0.4, 0.5) is 0 Å². The van der Waals surface area contributed by atoms with Gasteiger partial charge in [0.15, 0.2) is 25.2 Å². The molecular formula is C50H98O7. The van der Waals surface area contributed by atoms with E-state index in [9.17, 15) is 0 Å². The normalized spacial score (nSPS) is 13.3. The zero-order chi connectivity index (χ0) is 41.5. The van der Waals surface area contributed by atoms with Crippen molar-refractivity contribution in [3.05, 3.63) is 24.3 Å². The van der Waals surface area contributed by atoms with Crippen molar-refractivity contribution in [3.63, 3.8) is 0 Å². The smallest absolute Gasteiger partial charge is 0.180 e. The van der Waals surface area contributed by atoms with E-state index in [2.05, 4.69) is 65.8 Å². The predicted octanol–water partition coefficient (Wildman–Crippen LogP) is 15.3. The fraction of sp³-hybridized carbons (Fsp3) is 0.920. The number of hydrogen-bond donors (Lipinski definition) is 0. The zero-order valence-electron chi connectivity index (χ0n) is 38.9. The van der Waals surface area contributed by atoms with Gasteiger partial charge in [-0.2, -0.15) is 0 Å². The Morgan fingerprint density at radius 1 is 0.298 bits per heavy atom.